The van der Waals surface area contributed by atoms with E-state index in [2.05, 4.69) is 11.9 Å². The fourth-order valence-electron chi connectivity index (χ4n) is 1.53. The average molecular weight is 254 g/mol. The molecule has 5 heteroatoms. The molecule has 4 nitrogen and oxygen atoms in total. The SMILES string of the molecule is CCCCN(CCO)c1nccc(C#N)c1Cl. The van der Waals surface area contributed by atoms with Crippen LogP contribution in [0.2, 0.25) is 5.02 Å². The van der Waals surface area contributed by atoms with Crippen molar-refractivity contribution in [2.24, 2.45) is 0 Å². The molecule has 0 atom stereocenters. The smallest absolute Gasteiger partial charge is 0.148 e. The summed E-state index contributed by atoms with van der Waals surface area (Å²) >= 11 is 6.11. The Hall–Kier alpha value is -1.31. The highest BCUT2D eigenvalue weighted by Crippen LogP contribution is 2.26. The van der Waals surface area contributed by atoms with Crippen molar-refractivity contribution in [3.8, 4) is 6.07 Å². The second-order valence-electron chi connectivity index (χ2n) is 3.67. The zero-order valence-corrected chi connectivity index (χ0v) is 10.6. The lowest BCUT2D eigenvalue weighted by atomic mass is 10.2. The molecule has 0 saturated carbocycles. The summed E-state index contributed by atoms with van der Waals surface area (Å²) < 4.78 is 0. The van der Waals surface area contributed by atoms with Gasteiger partial charge in [-0.3, -0.25) is 0 Å². The highest BCUT2D eigenvalue weighted by Gasteiger charge is 2.13. The van der Waals surface area contributed by atoms with Crippen molar-refractivity contribution in [1.82, 2.24) is 4.98 Å². The molecule has 1 aromatic heterocycles. The maximum Gasteiger partial charge on any atom is 0.148 e. The van der Waals surface area contributed by atoms with Crippen LogP contribution in [-0.2, 0) is 0 Å². The summed E-state index contributed by atoms with van der Waals surface area (Å²) in [4.78, 5) is 6.10. The molecule has 0 spiro atoms. The van der Waals surface area contributed by atoms with E-state index in [1.165, 1.54) is 0 Å². The van der Waals surface area contributed by atoms with Gasteiger partial charge in [0.2, 0.25) is 0 Å². The second-order valence-corrected chi connectivity index (χ2v) is 4.05. The van der Waals surface area contributed by atoms with E-state index in [0.29, 0.717) is 22.9 Å². The number of pyridine rings is 1. The van der Waals surface area contributed by atoms with Crippen LogP contribution < -0.4 is 4.90 Å². The lowest BCUT2D eigenvalue weighted by molar-refractivity contribution is 0.301. The molecule has 0 aliphatic rings. The zero-order valence-electron chi connectivity index (χ0n) is 9.86. The van der Waals surface area contributed by atoms with E-state index < -0.39 is 0 Å². The number of aliphatic hydroxyl groups is 1. The van der Waals surface area contributed by atoms with Gasteiger partial charge in [-0.25, -0.2) is 4.98 Å². The number of anilines is 1. The average Bonchev–Trinajstić information content (AvgIpc) is 2.35. The van der Waals surface area contributed by atoms with Gasteiger partial charge in [0, 0.05) is 19.3 Å². The van der Waals surface area contributed by atoms with Gasteiger partial charge >= 0.3 is 0 Å². The Morgan fingerprint density at radius 2 is 2.29 bits per heavy atom. The standard InChI is InChI=1S/C12H16ClN3O/c1-2-3-6-16(7-8-17)12-11(13)10(9-14)4-5-15-12/h4-5,17H,2-3,6-8H2,1H3. The van der Waals surface area contributed by atoms with E-state index in [1.54, 1.807) is 12.3 Å². The van der Waals surface area contributed by atoms with Gasteiger partial charge in [-0.2, -0.15) is 5.26 Å². The number of aromatic nitrogens is 1. The van der Waals surface area contributed by atoms with Crippen molar-refractivity contribution < 1.29 is 5.11 Å². The van der Waals surface area contributed by atoms with Crippen LogP contribution in [0.1, 0.15) is 25.3 Å². The lowest BCUT2D eigenvalue weighted by Crippen LogP contribution is -2.29. The van der Waals surface area contributed by atoms with Gasteiger partial charge in [0.1, 0.15) is 16.9 Å². The molecule has 0 fully saturated rings. The topological polar surface area (TPSA) is 60.1 Å². The molecule has 0 saturated heterocycles. The molecule has 1 N–H and O–H groups in total. The van der Waals surface area contributed by atoms with Crippen LogP contribution >= 0.6 is 11.6 Å². The first-order valence-electron chi connectivity index (χ1n) is 5.65. The summed E-state index contributed by atoms with van der Waals surface area (Å²) in [6.07, 6.45) is 3.61. The number of rotatable bonds is 6. The second kappa shape index (κ2) is 7.10. The molecule has 0 bridgehead atoms. The normalized spacial score (nSPS) is 10.0. The van der Waals surface area contributed by atoms with Gasteiger partial charge in [0.05, 0.1) is 12.2 Å². The van der Waals surface area contributed by atoms with Gasteiger partial charge < -0.3 is 10.0 Å². The third kappa shape index (κ3) is 3.58. The number of unbranched alkanes of at least 4 members (excludes halogenated alkanes) is 1. The van der Waals surface area contributed by atoms with Crippen molar-refractivity contribution in [1.29, 1.82) is 5.26 Å². The number of hydrogen-bond acceptors (Lipinski definition) is 4. The van der Waals surface area contributed by atoms with E-state index in [-0.39, 0.29) is 6.61 Å². The quantitative estimate of drug-likeness (QED) is 0.844. The van der Waals surface area contributed by atoms with Crippen molar-refractivity contribution in [2.45, 2.75) is 19.8 Å². The minimum absolute atomic E-state index is 0.0402. The Morgan fingerprint density at radius 1 is 1.53 bits per heavy atom. The van der Waals surface area contributed by atoms with Gasteiger partial charge in [-0.05, 0) is 12.5 Å². The maximum atomic E-state index is 9.04. The molecule has 1 heterocycles. The fraction of sp³-hybridized carbons (Fsp3) is 0.500. The van der Waals surface area contributed by atoms with Gasteiger partial charge in [-0.15, -0.1) is 0 Å². The van der Waals surface area contributed by atoms with E-state index in [1.807, 2.05) is 11.0 Å². The molecule has 92 valence electrons. The number of nitriles is 1. The van der Waals surface area contributed by atoms with Gasteiger partial charge in [0.25, 0.3) is 0 Å². The van der Waals surface area contributed by atoms with Crippen LogP contribution in [0, 0.1) is 11.3 Å². The van der Waals surface area contributed by atoms with Crippen LogP contribution in [0.4, 0.5) is 5.82 Å². The first-order chi connectivity index (χ1) is 8.24. The van der Waals surface area contributed by atoms with Crippen LogP contribution in [0.3, 0.4) is 0 Å². The van der Waals surface area contributed by atoms with Crippen molar-refractivity contribution in [3.05, 3.63) is 22.8 Å². The molecule has 0 aliphatic carbocycles. The molecular weight excluding hydrogens is 238 g/mol. The largest absolute Gasteiger partial charge is 0.395 e. The van der Waals surface area contributed by atoms with Gasteiger partial charge in [0.15, 0.2) is 0 Å². The Labute approximate surface area is 106 Å². The Balaban J connectivity index is 2.97. The molecule has 0 radical (unpaired) electrons. The molecular formula is C12H16ClN3O. The van der Waals surface area contributed by atoms with Crippen LogP contribution in [0.25, 0.3) is 0 Å². The van der Waals surface area contributed by atoms with Gasteiger partial charge in [-0.1, -0.05) is 24.9 Å². The predicted octanol–water partition coefficient (Wildman–Crippen LogP) is 2.21. The van der Waals surface area contributed by atoms with Crippen LogP contribution in [0.5, 0.6) is 0 Å². The van der Waals surface area contributed by atoms with Crippen LogP contribution in [-0.4, -0.2) is 29.8 Å². The first-order valence-corrected chi connectivity index (χ1v) is 6.02. The third-order valence-electron chi connectivity index (χ3n) is 2.44. The summed E-state index contributed by atoms with van der Waals surface area (Å²) in [6.45, 7) is 3.39. The molecule has 1 aromatic rings. The molecule has 0 unspecified atom stereocenters. The molecule has 0 aliphatic heterocycles. The number of hydrogen-bond donors (Lipinski definition) is 1. The van der Waals surface area contributed by atoms with Crippen molar-refractivity contribution in [3.63, 3.8) is 0 Å². The Kier molecular flexibility index (Phi) is 5.75. The Bertz CT molecular complexity index is 403. The highest BCUT2D eigenvalue weighted by molar-refractivity contribution is 6.34. The summed E-state index contributed by atoms with van der Waals surface area (Å²) in [5.74, 6) is 0.577. The number of halogens is 1. The summed E-state index contributed by atoms with van der Waals surface area (Å²) in [6, 6.07) is 3.61. The molecule has 17 heavy (non-hydrogen) atoms. The fourth-order valence-corrected chi connectivity index (χ4v) is 1.81. The predicted molar refractivity (Wildman–Crippen MR) is 68.2 cm³/mol. The molecule has 1 rings (SSSR count). The van der Waals surface area contributed by atoms with Crippen LogP contribution in [0.15, 0.2) is 12.3 Å². The summed E-state index contributed by atoms with van der Waals surface area (Å²) in [5, 5.41) is 18.3. The maximum absolute atomic E-state index is 9.04. The molecule has 0 amide bonds. The molecule has 0 aromatic carbocycles. The summed E-state index contributed by atoms with van der Waals surface area (Å²) in [7, 11) is 0. The summed E-state index contributed by atoms with van der Waals surface area (Å²) in [5.41, 5.74) is 0.413. The van der Waals surface area contributed by atoms with E-state index in [0.717, 1.165) is 19.4 Å². The van der Waals surface area contributed by atoms with Crippen molar-refractivity contribution in [2.75, 3.05) is 24.6 Å². The minimum atomic E-state index is 0.0402. The Morgan fingerprint density at radius 3 is 2.88 bits per heavy atom. The number of aliphatic hydroxyl groups excluding tert-OH is 1. The number of nitrogens with zero attached hydrogens (tertiary/aromatic N) is 3. The first kappa shape index (κ1) is 13.8. The highest BCUT2D eigenvalue weighted by atomic mass is 35.5. The third-order valence-corrected chi connectivity index (χ3v) is 2.81. The van der Waals surface area contributed by atoms with E-state index in [9.17, 15) is 0 Å². The van der Waals surface area contributed by atoms with E-state index in [4.69, 9.17) is 22.0 Å². The zero-order chi connectivity index (χ0) is 12.7. The van der Waals surface area contributed by atoms with Crippen molar-refractivity contribution >= 4 is 17.4 Å². The monoisotopic (exact) mass is 253 g/mol. The lowest BCUT2D eigenvalue weighted by Gasteiger charge is -2.23. The van der Waals surface area contributed by atoms with E-state index >= 15 is 0 Å². The minimum Gasteiger partial charge on any atom is -0.395 e.